The van der Waals surface area contributed by atoms with E-state index in [4.69, 9.17) is 9.47 Å². The molecule has 0 radical (unpaired) electrons. The number of ether oxygens (including phenoxy) is 2. The Morgan fingerprint density at radius 3 is 2.67 bits per heavy atom. The largest absolute Gasteiger partial charge is 0.497 e. The fraction of sp³-hybridized carbons (Fsp3) is 0.562. The lowest BCUT2D eigenvalue weighted by Gasteiger charge is -2.26. The van der Waals surface area contributed by atoms with Crippen LogP contribution in [-0.2, 0) is 9.53 Å². The number of carbonyl (C=O) groups excluding carboxylic acids is 1. The van der Waals surface area contributed by atoms with Gasteiger partial charge in [0.2, 0.25) is 5.91 Å². The molecule has 1 aromatic carbocycles. The van der Waals surface area contributed by atoms with Crippen LogP contribution in [0.4, 0.5) is 0 Å². The van der Waals surface area contributed by atoms with E-state index >= 15 is 0 Å². The number of nitrogens with zero attached hydrogens (tertiary/aromatic N) is 1. The van der Waals surface area contributed by atoms with Gasteiger partial charge < -0.3 is 19.7 Å². The molecule has 5 heteroatoms. The molecule has 1 rings (SSSR count). The van der Waals surface area contributed by atoms with Gasteiger partial charge in [0.05, 0.1) is 13.2 Å². The second-order valence-corrected chi connectivity index (χ2v) is 5.10. The fourth-order valence-corrected chi connectivity index (χ4v) is 2.11. The summed E-state index contributed by atoms with van der Waals surface area (Å²) in [4.78, 5) is 14.0. The van der Waals surface area contributed by atoms with Crippen LogP contribution < -0.4 is 10.1 Å². The maximum Gasteiger partial charge on any atom is 0.248 e. The SMILES string of the molecule is CCOC(C)C(=O)NCC(c1cccc(OC)c1)N(C)C. The highest BCUT2D eigenvalue weighted by Crippen LogP contribution is 2.22. The number of methoxy groups -OCH3 is 1. The topological polar surface area (TPSA) is 50.8 Å². The third-order valence-electron chi connectivity index (χ3n) is 3.36. The number of likely N-dealkylation sites (N-methyl/N-ethyl adjacent to an activating group) is 1. The summed E-state index contributed by atoms with van der Waals surface area (Å²) in [5.74, 6) is 0.722. The summed E-state index contributed by atoms with van der Waals surface area (Å²) < 4.78 is 10.5. The van der Waals surface area contributed by atoms with Crippen molar-refractivity contribution < 1.29 is 14.3 Å². The lowest BCUT2D eigenvalue weighted by atomic mass is 10.1. The van der Waals surface area contributed by atoms with Crippen LogP contribution in [0.15, 0.2) is 24.3 Å². The molecule has 0 fully saturated rings. The van der Waals surface area contributed by atoms with Gasteiger partial charge in [-0.25, -0.2) is 0 Å². The summed E-state index contributed by atoms with van der Waals surface area (Å²) in [5.41, 5.74) is 1.10. The number of nitrogens with one attached hydrogen (secondary N) is 1. The molecule has 21 heavy (non-hydrogen) atoms. The van der Waals surface area contributed by atoms with Crippen molar-refractivity contribution in [2.24, 2.45) is 0 Å². The summed E-state index contributed by atoms with van der Waals surface area (Å²) in [6.07, 6.45) is -0.428. The normalized spacial score (nSPS) is 13.8. The van der Waals surface area contributed by atoms with Gasteiger partial charge >= 0.3 is 0 Å². The first-order valence-electron chi connectivity index (χ1n) is 7.19. The van der Waals surface area contributed by atoms with Crippen molar-refractivity contribution in [1.29, 1.82) is 0 Å². The van der Waals surface area contributed by atoms with Crippen LogP contribution in [0.3, 0.4) is 0 Å². The van der Waals surface area contributed by atoms with Crippen LogP contribution in [0.5, 0.6) is 5.75 Å². The van der Waals surface area contributed by atoms with Crippen molar-refractivity contribution in [2.75, 3.05) is 34.4 Å². The van der Waals surface area contributed by atoms with E-state index in [0.717, 1.165) is 11.3 Å². The molecule has 0 spiro atoms. The van der Waals surface area contributed by atoms with Gasteiger partial charge in [-0.15, -0.1) is 0 Å². The lowest BCUT2D eigenvalue weighted by Crippen LogP contribution is -2.39. The lowest BCUT2D eigenvalue weighted by molar-refractivity contribution is -0.131. The van der Waals surface area contributed by atoms with Gasteiger partial charge in [-0.05, 0) is 45.6 Å². The van der Waals surface area contributed by atoms with Crippen molar-refractivity contribution >= 4 is 5.91 Å². The van der Waals surface area contributed by atoms with Crippen LogP contribution in [0.1, 0.15) is 25.5 Å². The monoisotopic (exact) mass is 294 g/mol. The van der Waals surface area contributed by atoms with E-state index in [0.29, 0.717) is 13.2 Å². The third-order valence-corrected chi connectivity index (χ3v) is 3.36. The van der Waals surface area contributed by atoms with Crippen LogP contribution in [-0.4, -0.2) is 51.3 Å². The first-order valence-corrected chi connectivity index (χ1v) is 7.19. The molecule has 2 atom stereocenters. The minimum Gasteiger partial charge on any atom is -0.497 e. The fourth-order valence-electron chi connectivity index (χ4n) is 2.11. The number of carbonyl (C=O) groups is 1. The summed E-state index contributed by atoms with van der Waals surface area (Å²) in [5, 5.41) is 2.94. The standard InChI is InChI=1S/C16H26N2O3/c1-6-21-12(2)16(19)17-11-15(18(3)4)13-8-7-9-14(10-13)20-5/h7-10,12,15H,6,11H2,1-5H3,(H,17,19). The Morgan fingerprint density at radius 2 is 2.10 bits per heavy atom. The Labute approximate surface area is 127 Å². The van der Waals surface area contributed by atoms with Crippen molar-refractivity contribution in [1.82, 2.24) is 10.2 Å². The number of hydrogen-bond acceptors (Lipinski definition) is 4. The van der Waals surface area contributed by atoms with Crippen molar-refractivity contribution in [3.63, 3.8) is 0 Å². The highest BCUT2D eigenvalue weighted by Gasteiger charge is 2.18. The summed E-state index contributed by atoms with van der Waals surface area (Å²) in [7, 11) is 5.62. The van der Waals surface area contributed by atoms with Crippen LogP contribution in [0.25, 0.3) is 0 Å². The van der Waals surface area contributed by atoms with Gasteiger partial charge in [0.15, 0.2) is 0 Å². The van der Waals surface area contributed by atoms with Crippen molar-refractivity contribution in [2.45, 2.75) is 26.0 Å². The Morgan fingerprint density at radius 1 is 1.38 bits per heavy atom. The zero-order valence-corrected chi connectivity index (χ0v) is 13.6. The highest BCUT2D eigenvalue weighted by atomic mass is 16.5. The van der Waals surface area contributed by atoms with Crippen LogP contribution in [0, 0.1) is 0 Å². The molecule has 5 nitrogen and oxygen atoms in total. The molecule has 0 aromatic heterocycles. The first-order chi connectivity index (χ1) is 9.99. The molecule has 0 heterocycles. The molecule has 0 aliphatic carbocycles. The predicted molar refractivity (Wildman–Crippen MR) is 83.5 cm³/mol. The molecule has 0 saturated carbocycles. The molecule has 0 bridgehead atoms. The molecule has 1 amide bonds. The van der Waals surface area contributed by atoms with E-state index in [2.05, 4.69) is 10.2 Å². The van der Waals surface area contributed by atoms with Gasteiger partial charge in [0.25, 0.3) is 0 Å². The molecule has 1 aromatic rings. The maximum absolute atomic E-state index is 11.9. The molecule has 2 unspecified atom stereocenters. The maximum atomic E-state index is 11.9. The smallest absolute Gasteiger partial charge is 0.248 e. The minimum atomic E-state index is -0.428. The molecule has 0 saturated heterocycles. The molecule has 0 aliphatic rings. The second-order valence-electron chi connectivity index (χ2n) is 5.10. The predicted octanol–water partition coefficient (Wildman–Crippen LogP) is 1.84. The summed E-state index contributed by atoms with van der Waals surface area (Å²) >= 11 is 0. The van der Waals surface area contributed by atoms with E-state index in [1.165, 1.54) is 0 Å². The number of hydrogen-bond donors (Lipinski definition) is 1. The average molecular weight is 294 g/mol. The molecule has 0 aliphatic heterocycles. The van der Waals surface area contributed by atoms with Crippen molar-refractivity contribution in [3.8, 4) is 5.75 Å². The zero-order chi connectivity index (χ0) is 15.8. The van der Waals surface area contributed by atoms with Gasteiger partial charge in [0, 0.05) is 13.2 Å². The van der Waals surface area contributed by atoms with E-state index in [1.54, 1.807) is 14.0 Å². The molecule has 118 valence electrons. The quantitative estimate of drug-likeness (QED) is 0.795. The van der Waals surface area contributed by atoms with Crippen LogP contribution in [0.2, 0.25) is 0 Å². The van der Waals surface area contributed by atoms with Gasteiger partial charge in [0.1, 0.15) is 11.9 Å². The molecule has 1 N–H and O–H groups in total. The number of amides is 1. The summed E-state index contributed by atoms with van der Waals surface area (Å²) in [6.45, 7) is 4.69. The summed E-state index contributed by atoms with van der Waals surface area (Å²) in [6, 6.07) is 7.97. The molecular weight excluding hydrogens is 268 g/mol. The Balaban J connectivity index is 2.72. The van der Waals surface area contributed by atoms with E-state index in [-0.39, 0.29) is 11.9 Å². The van der Waals surface area contributed by atoms with Crippen molar-refractivity contribution in [3.05, 3.63) is 29.8 Å². The Hall–Kier alpha value is -1.59. The van der Waals surface area contributed by atoms with E-state index in [1.807, 2.05) is 45.3 Å². The number of rotatable bonds is 8. The van der Waals surface area contributed by atoms with Gasteiger partial charge in [-0.3, -0.25) is 4.79 Å². The third kappa shape index (κ3) is 5.36. The molecular formula is C16H26N2O3. The van der Waals surface area contributed by atoms with E-state index < -0.39 is 6.10 Å². The average Bonchev–Trinajstić information content (AvgIpc) is 2.47. The van der Waals surface area contributed by atoms with Crippen LogP contribution >= 0.6 is 0 Å². The highest BCUT2D eigenvalue weighted by molar-refractivity contribution is 5.80. The first kappa shape index (κ1) is 17.5. The Bertz CT molecular complexity index is 449. The van der Waals surface area contributed by atoms with E-state index in [9.17, 15) is 4.79 Å². The van der Waals surface area contributed by atoms with Gasteiger partial charge in [-0.2, -0.15) is 0 Å². The number of benzene rings is 1. The zero-order valence-electron chi connectivity index (χ0n) is 13.6. The second kappa shape index (κ2) is 8.64. The van der Waals surface area contributed by atoms with Gasteiger partial charge in [-0.1, -0.05) is 12.1 Å². The Kier molecular flexibility index (Phi) is 7.19. The minimum absolute atomic E-state index is 0.0814.